The molecule has 2 unspecified atom stereocenters. The van der Waals surface area contributed by atoms with Gasteiger partial charge in [-0.3, -0.25) is 4.79 Å². The molecule has 3 heteroatoms. The van der Waals surface area contributed by atoms with Crippen molar-refractivity contribution in [3.63, 3.8) is 0 Å². The molecule has 0 saturated carbocycles. The van der Waals surface area contributed by atoms with E-state index in [-0.39, 0.29) is 18.0 Å². The van der Waals surface area contributed by atoms with Crippen molar-refractivity contribution in [2.75, 3.05) is 6.61 Å². The number of carbonyl (C=O) groups is 1. The Morgan fingerprint density at radius 3 is 2.90 bits per heavy atom. The predicted molar refractivity (Wildman–Crippen MR) is 78.7 cm³/mol. The highest BCUT2D eigenvalue weighted by atomic mass is 16.6. The normalized spacial score (nSPS) is 22.1. The number of hydrogen-bond acceptors (Lipinski definition) is 3. The van der Waals surface area contributed by atoms with Crippen LogP contribution in [-0.4, -0.2) is 18.7 Å². The fourth-order valence-corrected chi connectivity index (χ4v) is 2.49. The zero-order valence-electron chi connectivity index (χ0n) is 12.6. The highest BCUT2D eigenvalue weighted by molar-refractivity contribution is 5.74. The van der Waals surface area contributed by atoms with Crippen molar-refractivity contribution >= 4 is 5.97 Å². The van der Waals surface area contributed by atoms with Crippen molar-refractivity contribution < 1.29 is 14.3 Å². The number of cyclic esters (lactones) is 1. The highest BCUT2D eigenvalue weighted by Gasteiger charge is 2.34. The van der Waals surface area contributed by atoms with Crippen LogP contribution >= 0.6 is 0 Å². The van der Waals surface area contributed by atoms with Crippen molar-refractivity contribution in [1.29, 1.82) is 0 Å². The molecule has 20 heavy (non-hydrogen) atoms. The molecule has 0 amide bonds. The molecule has 0 N–H and O–H groups in total. The van der Waals surface area contributed by atoms with Crippen molar-refractivity contribution in [3.05, 3.63) is 29.8 Å². The zero-order valence-corrected chi connectivity index (χ0v) is 12.6. The van der Waals surface area contributed by atoms with Gasteiger partial charge in [0.15, 0.2) is 0 Å². The van der Waals surface area contributed by atoms with Gasteiger partial charge in [-0.15, -0.1) is 0 Å². The Labute approximate surface area is 121 Å². The molecule has 1 aromatic rings. The van der Waals surface area contributed by atoms with Gasteiger partial charge in [0.25, 0.3) is 0 Å². The lowest BCUT2D eigenvalue weighted by molar-refractivity contribution is -0.145. The van der Waals surface area contributed by atoms with Gasteiger partial charge in [-0.1, -0.05) is 32.4 Å². The number of ether oxygens (including phenoxy) is 2. The van der Waals surface area contributed by atoms with Crippen LogP contribution in [0.3, 0.4) is 0 Å². The third-order valence-electron chi connectivity index (χ3n) is 3.68. The van der Waals surface area contributed by atoms with E-state index in [0.717, 1.165) is 25.0 Å². The molecule has 110 valence electrons. The minimum absolute atomic E-state index is 0.0523. The Morgan fingerprint density at radius 2 is 2.20 bits per heavy atom. The Bertz CT molecular complexity index is 453. The van der Waals surface area contributed by atoms with Crippen molar-refractivity contribution in [1.82, 2.24) is 0 Å². The van der Waals surface area contributed by atoms with Crippen LogP contribution in [0.4, 0.5) is 0 Å². The average Bonchev–Trinajstić information content (AvgIpc) is 2.75. The summed E-state index contributed by atoms with van der Waals surface area (Å²) < 4.78 is 11.1. The van der Waals surface area contributed by atoms with Gasteiger partial charge in [0.2, 0.25) is 0 Å². The van der Waals surface area contributed by atoms with Gasteiger partial charge in [0, 0.05) is 6.42 Å². The summed E-state index contributed by atoms with van der Waals surface area (Å²) in [6.07, 6.45) is 2.69. The summed E-state index contributed by atoms with van der Waals surface area (Å²) in [5.74, 6) is 1.48. The van der Waals surface area contributed by atoms with E-state index in [4.69, 9.17) is 9.47 Å². The molecule has 1 heterocycles. The number of rotatable bonds is 6. The topological polar surface area (TPSA) is 35.5 Å². The minimum atomic E-state index is -0.0971. The smallest absolute Gasteiger partial charge is 0.309 e. The van der Waals surface area contributed by atoms with Crippen LogP contribution in [0.1, 0.15) is 38.7 Å². The maximum absolute atomic E-state index is 11.8. The lowest BCUT2D eigenvalue weighted by Crippen LogP contribution is -2.17. The Morgan fingerprint density at radius 1 is 1.40 bits per heavy atom. The van der Waals surface area contributed by atoms with Crippen molar-refractivity contribution in [3.8, 4) is 5.75 Å². The van der Waals surface area contributed by atoms with Gasteiger partial charge in [-0.25, -0.2) is 0 Å². The molecule has 0 aliphatic carbocycles. The Kier molecular flexibility index (Phi) is 5.05. The predicted octanol–water partition coefficient (Wildman–Crippen LogP) is 3.74. The molecule has 2 rings (SSSR count). The molecule has 0 aromatic heterocycles. The molecular formula is C17H24O3. The van der Waals surface area contributed by atoms with E-state index in [1.807, 2.05) is 31.2 Å². The van der Waals surface area contributed by atoms with Crippen LogP contribution in [0.5, 0.6) is 5.75 Å². The summed E-state index contributed by atoms with van der Waals surface area (Å²) in [6, 6.07) is 7.92. The minimum Gasteiger partial charge on any atom is -0.490 e. The molecule has 1 aliphatic rings. The number of aryl methyl sites for hydroxylation is 1. The first-order chi connectivity index (χ1) is 9.54. The van der Waals surface area contributed by atoms with E-state index < -0.39 is 0 Å². The first-order valence-electron chi connectivity index (χ1n) is 7.44. The number of hydrogen-bond donors (Lipinski definition) is 0. The second-order valence-corrected chi connectivity index (χ2v) is 6.09. The molecule has 1 saturated heterocycles. The molecular weight excluding hydrogens is 252 g/mol. The monoisotopic (exact) mass is 276 g/mol. The van der Waals surface area contributed by atoms with E-state index in [9.17, 15) is 4.79 Å². The summed E-state index contributed by atoms with van der Waals surface area (Å²) in [7, 11) is 0. The molecule has 0 spiro atoms. The van der Waals surface area contributed by atoms with Crippen LogP contribution in [0.25, 0.3) is 0 Å². The van der Waals surface area contributed by atoms with E-state index in [0.29, 0.717) is 12.5 Å². The van der Waals surface area contributed by atoms with Gasteiger partial charge in [0.1, 0.15) is 18.5 Å². The standard InChI is InChI=1S/C17H24O3/c1-12(2)7-8-14-10-16(20-17(14)18)11-19-15-6-4-5-13(3)9-15/h4-6,9,12,14,16H,7-8,10-11H2,1-3H3. The van der Waals surface area contributed by atoms with Crippen LogP contribution in [0, 0.1) is 18.8 Å². The first kappa shape index (κ1) is 14.9. The Hall–Kier alpha value is -1.51. The average molecular weight is 276 g/mol. The molecule has 3 nitrogen and oxygen atoms in total. The molecule has 1 fully saturated rings. The molecule has 0 bridgehead atoms. The number of esters is 1. The van der Waals surface area contributed by atoms with Crippen LogP contribution < -0.4 is 4.74 Å². The second-order valence-electron chi connectivity index (χ2n) is 6.09. The summed E-state index contributed by atoms with van der Waals surface area (Å²) in [5, 5.41) is 0. The van der Waals surface area contributed by atoms with Gasteiger partial charge in [-0.2, -0.15) is 0 Å². The fourth-order valence-electron chi connectivity index (χ4n) is 2.49. The SMILES string of the molecule is Cc1cccc(OCC2CC(CCC(C)C)C(=O)O2)c1. The van der Waals surface area contributed by atoms with Crippen LogP contribution in [-0.2, 0) is 9.53 Å². The van der Waals surface area contributed by atoms with Crippen LogP contribution in [0.15, 0.2) is 24.3 Å². The zero-order chi connectivity index (χ0) is 14.5. The van der Waals surface area contributed by atoms with E-state index in [2.05, 4.69) is 13.8 Å². The number of benzene rings is 1. The fraction of sp³-hybridized carbons (Fsp3) is 0.588. The van der Waals surface area contributed by atoms with E-state index >= 15 is 0 Å². The largest absolute Gasteiger partial charge is 0.490 e. The third-order valence-corrected chi connectivity index (χ3v) is 3.68. The third kappa shape index (κ3) is 4.26. The maximum Gasteiger partial charge on any atom is 0.309 e. The quantitative estimate of drug-likeness (QED) is 0.742. The van der Waals surface area contributed by atoms with Gasteiger partial charge in [0.05, 0.1) is 5.92 Å². The molecule has 1 aromatic carbocycles. The molecule has 0 radical (unpaired) electrons. The maximum atomic E-state index is 11.8. The van der Waals surface area contributed by atoms with Crippen LogP contribution in [0.2, 0.25) is 0 Å². The highest BCUT2D eigenvalue weighted by Crippen LogP contribution is 2.27. The second kappa shape index (κ2) is 6.78. The number of carbonyl (C=O) groups excluding carboxylic acids is 1. The molecule has 1 aliphatic heterocycles. The van der Waals surface area contributed by atoms with Crippen molar-refractivity contribution in [2.24, 2.45) is 11.8 Å². The summed E-state index contributed by atoms with van der Waals surface area (Å²) in [4.78, 5) is 11.8. The Balaban J connectivity index is 1.79. The van der Waals surface area contributed by atoms with Crippen molar-refractivity contribution in [2.45, 2.75) is 46.1 Å². The molecule has 2 atom stereocenters. The van der Waals surface area contributed by atoms with Gasteiger partial charge < -0.3 is 9.47 Å². The first-order valence-corrected chi connectivity index (χ1v) is 7.44. The van der Waals surface area contributed by atoms with E-state index in [1.165, 1.54) is 5.56 Å². The summed E-state index contributed by atoms with van der Waals surface area (Å²) in [6.45, 7) is 6.84. The van der Waals surface area contributed by atoms with Gasteiger partial charge >= 0.3 is 5.97 Å². The van der Waals surface area contributed by atoms with Gasteiger partial charge in [-0.05, 0) is 37.0 Å². The lowest BCUT2D eigenvalue weighted by atomic mass is 9.95. The summed E-state index contributed by atoms with van der Waals surface area (Å²) in [5.41, 5.74) is 1.17. The van der Waals surface area contributed by atoms with E-state index in [1.54, 1.807) is 0 Å². The lowest BCUT2D eigenvalue weighted by Gasteiger charge is -2.11. The summed E-state index contributed by atoms with van der Waals surface area (Å²) >= 11 is 0.